The van der Waals surface area contributed by atoms with E-state index in [0.717, 1.165) is 24.0 Å². The molecule has 0 aliphatic rings. The number of nitrogens with one attached hydrogen (secondary N) is 1. The largest absolute Gasteiger partial charge is 0.505 e. The zero-order chi connectivity index (χ0) is 17.9. The number of aromatic nitrogens is 1. The molecule has 3 N–H and O–H groups in total. The molecule has 0 saturated heterocycles. The van der Waals surface area contributed by atoms with Crippen molar-refractivity contribution in [3.05, 3.63) is 58.9 Å². The van der Waals surface area contributed by atoms with Crippen molar-refractivity contribution < 1.29 is 19.8 Å². The fourth-order valence-electron chi connectivity index (χ4n) is 2.22. The van der Waals surface area contributed by atoms with Gasteiger partial charge in [-0.3, -0.25) is 9.59 Å². The van der Waals surface area contributed by atoms with E-state index >= 15 is 0 Å². The Hall–Kier alpha value is -2.89. The van der Waals surface area contributed by atoms with Crippen LogP contribution in [0.2, 0.25) is 0 Å². The molecule has 128 valence electrons. The number of amides is 1. The fraction of sp³-hybridized carbons (Fsp3) is 0.278. The Kier molecular flexibility index (Phi) is 7.98. The number of aromatic hydroxyl groups is 1. The molecular weight excluding hydrogens is 308 g/mol. The van der Waals surface area contributed by atoms with Crippen LogP contribution in [-0.4, -0.2) is 34.1 Å². The Morgan fingerprint density at radius 1 is 1.25 bits per heavy atom. The van der Waals surface area contributed by atoms with Crippen molar-refractivity contribution in [2.75, 3.05) is 6.54 Å². The molecule has 1 amide bonds. The Balaban J connectivity index is 0.000000891. The second-order valence-electron chi connectivity index (χ2n) is 5.06. The molecule has 0 spiro atoms. The first kappa shape index (κ1) is 19.2. The lowest BCUT2D eigenvalue weighted by Crippen LogP contribution is -2.24. The van der Waals surface area contributed by atoms with Crippen molar-refractivity contribution >= 4 is 12.4 Å². The Morgan fingerprint density at radius 2 is 1.88 bits per heavy atom. The molecule has 6 heteroatoms. The topological polar surface area (TPSA) is 99.5 Å². The van der Waals surface area contributed by atoms with Gasteiger partial charge in [0.05, 0.1) is 0 Å². The highest BCUT2D eigenvalue weighted by molar-refractivity contribution is 5.95. The Bertz CT molecular complexity index is 672. The van der Waals surface area contributed by atoms with Gasteiger partial charge in [0.2, 0.25) is 0 Å². The van der Waals surface area contributed by atoms with E-state index < -0.39 is 0 Å². The van der Waals surface area contributed by atoms with Crippen LogP contribution in [0.5, 0.6) is 5.75 Å². The molecule has 24 heavy (non-hydrogen) atoms. The number of carboxylic acid groups (broad SMARTS) is 1. The van der Waals surface area contributed by atoms with Crippen LogP contribution in [0.15, 0.2) is 36.5 Å². The number of aryl methyl sites for hydroxylation is 2. The summed E-state index contributed by atoms with van der Waals surface area (Å²) in [6.07, 6.45) is 3.35. The molecule has 0 bridgehead atoms. The third-order valence-corrected chi connectivity index (χ3v) is 3.49. The van der Waals surface area contributed by atoms with Crippen molar-refractivity contribution in [1.82, 2.24) is 10.3 Å². The molecule has 0 aliphatic heterocycles. The van der Waals surface area contributed by atoms with Crippen LogP contribution in [0.4, 0.5) is 0 Å². The van der Waals surface area contributed by atoms with Crippen molar-refractivity contribution in [2.24, 2.45) is 0 Å². The molecule has 2 rings (SSSR count). The van der Waals surface area contributed by atoms with Gasteiger partial charge in [-0.25, -0.2) is 4.98 Å². The Morgan fingerprint density at radius 3 is 2.46 bits per heavy atom. The summed E-state index contributed by atoms with van der Waals surface area (Å²) < 4.78 is 0. The first-order chi connectivity index (χ1) is 11.5. The monoisotopic (exact) mass is 330 g/mol. The summed E-state index contributed by atoms with van der Waals surface area (Å²) in [5.74, 6) is -0.362. The summed E-state index contributed by atoms with van der Waals surface area (Å²) in [5.41, 5.74) is 3.02. The predicted molar refractivity (Wildman–Crippen MR) is 91.2 cm³/mol. The van der Waals surface area contributed by atoms with Crippen LogP contribution in [0.25, 0.3) is 0 Å². The number of hydrogen-bond donors (Lipinski definition) is 3. The van der Waals surface area contributed by atoms with Gasteiger partial charge in [-0.05, 0) is 43.4 Å². The number of rotatable bonds is 5. The SMILES string of the molecule is CCNC(=O)c1ncc(CCc2ccccc2)c(C)c1O.O=CO. The number of benzene rings is 1. The maximum Gasteiger partial charge on any atom is 0.290 e. The van der Waals surface area contributed by atoms with Crippen LogP contribution < -0.4 is 5.32 Å². The molecule has 0 saturated carbocycles. The van der Waals surface area contributed by atoms with Crippen molar-refractivity contribution in [3.63, 3.8) is 0 Å². The zero-order valence-corrected chi connectivity index (χ0v) is 13.8. The van der Waals surface area contributed by atoms with E-state index in [1.165, 1.54) is 5.56 Å². The maximum absolute atomic E-state index is 11.8. The summed E-state index contributed by atoms with van der Waals surface area (Å²) in [7, 11) is 0. The average Bonchev–Trinajstić information content (AvgIpc) is 2.58. The summed E-state index contributed by atoms with van der Waals surface area (Å²) in [5, 5.41) is 19.7. The lowest BCUT2D eigenvalue weighted by atomic mass is 10.0. The molecule has 1 aromatic carbocycles. The summed E-state index contributed by atoms with van der Waals surface area (Å²) in [6.45, 7) is 3.91. The highest BCUT2D eigenvalue weighted by Crippen LogP contribution is 2.24. The molecule has 0 aliphatic carbocycles. The van der Waals surface area contributed by atoms with Gasteiger partial charge in [0, 0.05) is 12.7 Å². The fourth-order valence-corrected chi connectivity index (χ4v) is 2.22. The molecule has 0 atom stereocenters. The van der Waals surface area contributed by atoms with Crippen LogP contribution in [0, 0.1) is 6.92 Å². The van der Waals surface area contributed by atoms with E-state index in [1.54, 1.807) is 6.20 Å². The predicted octanol–water partition coefficient (Wildman–Crippen LogP) is 2.33. The van der Waals surface area contributed by atoms with E-state index in [9.17, 15) is 9.90 Å². The standard InChI is InChI=1S/C17H20N2O2.CH2O2/c1-3-18-17(21)15-16(20)12(2)14(11-19-15)10-9-13-7-5-4-6-8-13;2-1-3/h4-8,11,20H,3,9-10H2,1-2H3,(H,18,21);1H,(H,2,3). The third-order valence-electron chi connectivity index (χ3n) is 3.49. The summed E-state index contributed by atoms with van der Waals surface area (Å²) >= 11 is 0. The van der Waals surface area contributed by atoms with Crippen LogP contribution in [0.3, 0.4) is 0 Å². The van der Waals surface area contributed by atoms with E-state index in [0.29, 0.717) is 6.54 Å². The summed E-state index contributed by atoms with van der Waals surface area (Å²) in [6, 6.07) is 10.2. The molecule has 0 fully saturated rings. The lowest BCUT2D eigenvalue weighted by molar-refractivity contribution is -0.122. The first-order valence-corrected chi connectivity index (χ1v) is 7.62. The zero-order valence-electron chi connectivity index (χ0n) is 13.8. The molecule has 1 heterocycles. The highest BCUT2D eigenvalue weighted by atomic mass is 16.3. The molecule has 0 unspecified atom stereocenters. The smallest absolute Gasteiger partial charge is 0.290 e. The number of pyridine rings is 1. The first-order valence-electron chi connectivity index (χ1n) is 7.62. The number of hydrogen-bond acceptors (Lipinski definition) is 4. The molecule has 6 nitrogen and oxygen atoms in total. The van der Waals surface area contributed by atoms with E-state index in [2.05, 4.69) is 22.4 Å². The van der Waals surface area contributed by atoms with Gasteiger partial charge < -0.3 is 15.5 Å². The minimum absolute atomic E-state index is 0.0217. The number of carbonyl (C=O) groups is 2. The molecule has 1 aromatic heterocycles. The third kappa shape index (κ3) is 5.39. The molecule has 0 radical (unpaired) electrons. The minimum atomic E-state index is -0.340. The second kappa shape index (κ2) is 9.99. The van der Waals surface area contributed by atoms with Gasteiger partial charge in [-0.15, -0.1) is 0 Å². The second-order valence-corrected chi connectivity index (χ2v) is 5.06. The van der Waals surface area contributed by atoms with Crippen LogP contribution in [-0.2, 0) is 17.6 Å². The molecule has 2 aromatic rings. The number of carbonyl (C=O) groups excluding carboxylic acids is 1. The van der Waals surface area contributed by atoms with Crippen molar-refractivity contribution in [1.29, 1.82) is 0 Å². The minimum Gasteiger partial charge on any atom is -0.505 e. The quantitative estimate of drug-likeness (QED) is 0.731. The van der Waals surface area contributed by atoms with Gasteiger partial charge in [0.15, 0.2) is 5.69 Å². The maximum atomic E-state index is 11.8. The highest BCUT2D eigenvalue weighted by Gasteiger charge is 2.16. The van der Waals surface area contributed by atoms with E-state index in [-0.39, 0.29) is 23.8 Å². The van der Waals surface area contributed by atoms with Gasteiger partial charge in [-0.1, -0.05) is 30.3 Å². The average molecular weight is 330 g/mol. The van der Waals surface area contributed by atoms with Crippen molar-refractivity contribution in [2.45, 2.75) is 26.7 Å². The molecular formula is C18H22N2O4. The Labute approximate surface area is 141 Å². The van der Waals surface area contributed by atoms with Crippen molar-refractivity contribution in [3.8, 4) is 5.75 Å². The van der Waals surface area contributed by atoms with Gasteiger partial charge in [0.1, 0.15) is 5.75 Å². The van der Waals surface area contributed by atoms with E-state index in [4.69, 9.17) is 9.90 Å². The number of nitrogens with zero attached hydrogens (tertiary/aromatic N) is 1. The lowest BCUT2D eigenvalue weighted by Gasteiger charge is -2.11. The van der Waals surface area contributed by atoms with Crippen LogP contribution in [0.1, 0.15) is 34.1 Å². The van der Waals surface area contributed by atoms with Gasteiger partial charge in [-0.2, -0.15) is 0 Å². The van der Waals surface area contributed by atoms with Gasteiger partial charge >= 0.3 is 0 Å². The normalized spacial score (nSPS) is 9.58. The summed E-state index contributed by atoms with van der Waals surface area (Å²) in [4.78, 5) is 24.2. The van der Waals surface area contributed by atoms with Crippen LogP contribution >= 0.6 is 0 Å². The van der Waals surface area contributed by atoms with E-state index in [1.807, 2.05) is 32.0 Å². The van der Waals surface area contributed by atoms with Gasteiger partial charge in [0.25, 0.3) is 12.4 Å².